The summed E-state index contributed by atoms with van der Waals surface area (Å²) in [6, 6.07) is 0. The Bertz CT molecular complexity index is 207. The highest BCUT2D eigenvalue weighted by Gasteiger charge is 2.21. The number of aliphatic hydroxyl groups is 1. The van der Waals surface area contributed by atoms with Crippen LogP contribution < -0.4 is 5.32 Å². The normalized spacial score (nSPS) is 16.2. The molecule has 2 N–H and O–H groups in total. The molecule has 0 radical (unpaired) electrons. The van der Waals surface area contributed by atoms with Gasteiger partial charge in [0.15, 0.2) is 0 Å². The van der Waals surface area contributed by atoms with E-state index in [1.165, 1.54) is 12.2 Å². The van der Waals surface area contributed by atoms with E-state index in [2.05, 4.69) is 5.32 Å². The van der Waals surface area contributed by atoms with Gasteiger partial charge in [0.2, 0.25) is 0 Å². The highest BCUT2D eigenvalue weighted by atomic mass is 16.3. The highest BCUT2D eigenvalue weighted by Crippen LogP contribution is 2.01. The average molecular weight is 170 g/mol. The van der Waals surface area contributed by atoms with Gasteiger partial charge in [-0.05, 0) is 0 Å². The van der Waals surface area contributed by atoms with Crippen LogP contribution in [0.3, 0.4) is 0 Å². The third kappa shape index (κ3) is 1.90. The van der Waals surface area contributed by atoms with E-state index in [1.807, 2.05) is 0 Å². The van der Waals surface area contributed by atoms with Crippen LogP contribution in [0.25, 0.3) is 0 Å². The summed E-state index contributed by atoms with van der Waals surface area (Å²) in [5, 5.41) is 11.0. The Balaban J connectivity index is 2.33. The van der Waals surface area contributed by atoms with Crippen molar-refractivity contribution in [2.24, 2.45) is 0 Å². The number of hydrogen-bond acceptors (Lipinski definition) is 4. The minimum Gasteiger partial charge on any atom is -0.381 e. The Labute approximate surface area is 69.7 Å². The lowest BCUT2D eigenvalue weighted by Crippen LogP contribution is -2.36. The molecule has 0 aromatic carbocycles. The van der Waals surface area contributed by atoms with E-state index in [1.54, 1.807) is 0 Å². The van der Waals surface area contributed by atoms with Crippen molar-refractivity contribution in [3.8, 4) is 0 Å². The van der Waals surface area contributed by atoms with E-state index in [-0.39, 0.29) is 18.5 Å². The zero-order chi connectivity index (χ0) is 8.97. The van der Waals surface area contributed by atoms with Crippen molar-refractivity contribution in [1.82, 2.24) is 10.2 Å². The van der Waals surface area contributed by atoms with Crippen LogP contribution in [0.4, 0.5) is 0 Å². The van der Waals surface area contributed by atoms with Crippen LogP contribution in [0.1, 0.15) is 0 Å². The second-order valence-corrected chi connectivity index (χ2v) is 2.32. The fraction of sp³-hybridized carbons (Fsp3) is 0.429. The lowest BCUT2D eigenvalue weighted by molar-refractivity contribution is -0.136. The summed E-state index contributed by atoms with van der Waals surface area (Å²) in [7, 11) is 0. The number of imide groups is 1. The second-order valence-electron chi connectivity index (χ2n) is 2.32. The quantitative estimate of drug-likeness (QED) is 0.304. The third-order valence-electron chi connectivity index (χ3n) is 1.52. The predicted molar refractivity (Wildman–Crippen MR) is 40.9 cm³/mol. The van der Waals surface area contributed by atoms with E-state index in [0.717, 1.165) is 4.90 Å². The van der Waals surface area contributed by atoms with Crippen molar-refractivity contribution in [3.63, 3.8) is 0 Å². The Morgan fingerprint density at radius 2 is 1.92 bits per heavy atom. The average Bonchev–Trinajstić information content (AvgIpc) is 2.35. The van der Waals surface area contributed by atoms with Crippen LogP contribution in [0, 0.1) is 0 Å². The van der Waals surface area contributed by atoms with Gasteiger partial charge in [-0.3, -0.25) is 19.8 Å². The SMILES string of the molecule is O=C1C=CC(=O)N1CCNCO. The summed E-state index contributed by atoms with van der Waals surface area (Å²) in [4.78, 5) is 22.9. The van der Waals surface area contributed by atoms with Crippen LogP contribution in [0.15, 0.2) is 12.2 Å². The third-order valence-corrected chi connectivity index (χ3v) is 1.52. The first-order valence-electron chi connectivity index (χ1n) is 3.61. The van der Waals surface area contributed by atoms with Gasteiger partial charge >= 0.3 is 0 Å². The number of nitrogens with zero attached hydrogens (tertiary/aromatic N) is 1. The fourth-order valence-electron chi connectivity index (χ4n) is 0.921. The molecule has 1 aliphatic heterocycles. The predicted octanol–water partition coefficient (Wildman–Crippen LogP) is -1.55. The molecule has 0 bridgehead atoms. The molecule has 0 saturated carbocycles. The molecule has 12 heavy (non-hydrogen) atoms. The van der Waals surface area contributed by atoms with Crippen molar-refractivity contribution in [1.29, 1.82) is 0 Å². The molecule has 0 atom stereocenters. The van der Waals surface area contributed by atoms with Crippen molar-refractivity contribution >= 4 is 11.8 Å². The topological polar surface area (TPSA) is 69.6 Å². The van der Waals surface area contributed by atoms with Crippen LogP contribution in [-0.2, 0) is 9.59 Å². The Hall–Kier alpha value is -1.20. The van der Waals surface area contributed by atoms with Gasteiger partial charge in [-0.2, -0.15) is 0 Å². The maximum absolute atomic E-state index is 10.9. The fourth-order valence-corrected chi connectivity index (χ4v) is 0.921. The highest BCUT2D eigenvalue weighted by molar-refractivity contribution is 6.12. The molecule has 1 aliphatic rings. The maximum atomic E-state index is 10.9. The number of nitrogens with one attached hydrogen (secondary N) is 1. The van der Waals surface area contributed by atoms with Gasteiger partial charge in [-0.15, -0.1) is 0 Å². The van der Waals surface area contributed by atoms with Gasteiger partial charge in [-0.25, -0.2) is 0 Å². The molecule has 66 valence electrons. The first-order valence-corrected chi connectivity index (χ1v) is 3.61. The first-order chi connectivity index (χ1) is 5.75. The van der Waals surface area contributed by atoms with E-state index < -0.39 is 0 Å². The molecule has 0 aliphatic carbocycles. The molecule has 2 amide bonds. The van der Waals surface area contributed by atoms with Crippen molar-refractivity contribution < 1.29 is 14.7 Å². The van der Waals surface area contributed by atoms with Crippen LogP contribution in [0.5, 0.6) is 0 Å². The van der Waals surface area contributed by atoms with Gasteiger partial charge in [0.1, 0.15) is 0 Å². The molecule has 1 rings (SSSR count). The van der Waals surface area contributed by atoms with Crippen LogP contribution in [0.2, 0.25) is 0 Å². The molecule has 5 nitrogen and oxygen atoms in total. The van der Waals surface area contributed by atoms with Gasteiger partial charge in [0.05, 0.1) is 6.73 Å². The monoisotopic (exact) mass is 170 g/mol. The smallest absolute Gasteiger partial charge is 0.253 e. The zero-order valence-electron chi connectivity index (χ0n) is 6.49. The Morgan fingerprint density at radius 3 is 2.42 bits per heavy atom. The molecule has 0 spiro atoms. The van der Waals surface area contributed by atoms with Crippen LogP contribution in [-0.4, -0.2) is 41.6 Å². The number of amides is 2. The van der Waals surface area contributed by atoms with E-state index in [9.17, 15) is 9.59 Å². The van der Waals surface area contributed by atoms with E-state index >= 15 is 0 Å². The number of rotatable bonds is 4. The standard InChI is InChI=1S/C7H10N2O3/c10-5-8-3-4-9-6(11)1-2-7(9)12/h1-2,8,10H,3-5H2. The Morgan fingerprint density at radius 1 is 1.33 bits per heavy atom. The summed E-state index contributed by atoms with van der Waals surface area (Å²) in [6.45, 7) is 0.560. The summed E-state index contributed by atoms with van der Waals surface area (Å²) >= 11 is 0. The van der Waals surface area contributed by atoms with E-state index in [0.29, 0.717) is 13.1 Å². The number of carbonyl (C=O) groups excluding carboxylic acids is 2. The van der Waals surface area contributed by atoms with Crippen molar-refractivity contribution in [2.45, 2.75) is 0 Å². The van der Waals surface area contributed by atoms with Crippen LogP contribution >= 0.6 is 0 Å². The van der Waals surface area contributed by atoms with E-state index in [4.69, 9.17) is 5.11 Å². The zero-order valence-corrected chi connectivity index (χ0v) is 6.49. The Kier molecular flexibility index (Phi) is 2.95. The lowest BCUT2D eigenvalue weighted by atomic mass is 10.5. The molecule has 0 fully saturated rings. The van der Waals surface area contributed by atoms with Crippen molar-refractivity contribution in [2.75, 3.05) is 19.8 Å². The maximum Gasteiger partial charge on any atom is 0.253 e. The molecule has 0 unspecified atom stereocenters. The molecule has 0 aromatic rings. The molecule has 5 heteroatoms. The molecule has 0 saturated heterocycles. The summed E-state index contributed by atoms with van der Waals surface area (Å²) < 4.78 is 0. The van der Waals surface area contributed by atoms with Gasteiger partial charge in [0, 0.05) is 25.2 Å². The number of aliphatic hydroxyl groups excluding tert-OH is 1. The number of carbonyl (C=O) groups is 2. The molecular weight excluding hydrogens is 160 g/mol. The first kappa shape index (κ1) is 8.89. The second kappa shape index (κ2) is 3.99. The minimum atomic E-state index is -0.292. The van der Waals surface area contributed by atoms with Gasteiger partial charge in [-0.1, -0.05) is 0 Å². The number of hydrogen-bond donors (Lipinski definition) is 2. The summed E-state index contributed by atoms with van der Waals surface area (Å²) in [6.07, 6.45) is 2.47. The minimum absolute atomic E-state index is 0.149. The van der Waals surface area contributed by atoms with Crippen molar-refractivity contribution in [3.05, 3.63) is 12.2 Å². The van der Waals surface area contributed by atoms with Gasteiger partial charge in [0.25, 0.3) is 11.8 Å². The largest absolute Gasteiger partial charge is 0.381 e. The molecular formula is C7H10N2O3. The summed E-state index contributed by atoms with van der Waals surface area (Å²) in [5.74, 6) is -0.584. The summed E-state index contributed by atoms with van der Waals surface area (Å²) in [5.41, 5.74) is 0. The molecule has 1 heterocycles. The molecule has 0 aromatic heterocycles. The lowest BCUT2D eigenvalue weighted by Gasteiger charge is -2.12. The van der Waals surface area contributed by atoms with Gasteiger partial charge < -0.3 is 5.11 Å².